The SMILES string of the molecule is CCc1nncn1CCNc1nc(C)nc2sc(-c3ccccc3)cc12. The Balaban J connectivity index is 1.59. The number of nitrogens with zero attached hydrogens (tertiary/aromatic N) is 5. The Labute approximate surface area is 156 Å². The van der Waals surface area contributed by atoms with Gasteiger partial charge in [-0.3, -0.25) is 0 Å². The average molecular weight is 364 g/mol. The average Bonchev–Trinajstić information content (AvgIpc) is 3.28. The highest BCUT2D eigenvalue weighted by Gasteiger charge is 2.11. The number of thiophene rings is 1. The van der Waals surface area contributed by atoms with Gasteiger partial charge in [-0.1, -0.05) is 37.3 Å². The van der Waals surface area contributed by atoms with Gasteiger partial charge in [0.05, 0.1) is 5.39 Å². The summed E-state index contributed by atoms with van der Waals surface area (Å²) in [4.78, 5) is 11.4. The van der Waals surface area contributed by atoms with Crippen molar-refractivity contribution in [3.63, 3.8) is 0 Å². The van der Waals surface area contributed by atoms with E-state index in [4.69, 9.17) is 0 Å². The van der Waals surface area contributed by atoms with Crippen molar-refractivity contribution < 1.29 is 0 Å². The minimum Gasteiger partial charge on any atom is -0.368 e. The lowest BCUT2D eigenvalue weighted by Crippen LogP contribution is -2.13. The van der Waals surface area contributed by atoms with E-state index in [0.717, 1.165) is 47.2 Å². The normalized spacial score (nSPS) is 11.2. The Morgan fingerprint density at radius 3 is 2.81 bits per heavy atom. The molecule has 0 fully saturated rings. The number of rotatable bonds is 6. The molecule has 0 atom stereocenters. The van der Waals surface area contributed by atoms with E-state index >= 15 is 0 Å². The molecule has 0 unspecified atom stereocenters. The molecule has 0 amide bonds. The lowest BCUT2D eigenvalue weighted by molar-refractivity contribution is 0.679. The molecule has 0 aliphatic heterocycles. The molecule has 1 N–H and O–H groups in total. The van der Waals surface area contributed by atoms with E-state index in [1.807, 2.05) is 13.0 Å². The third kappa shape index (κ3) is 3.30. The van der Waals surface area contributed by atoms with Crippen molar-refractivity contribution in [3.05, 3.63) is 54.4 Å². The second-order valence-corrected chi connectivity index (χ2v) is 7.07. The molecule has 7 heteroatoms. The van der Waals surface area contributed by atoms with Gasteiger partial charge in [-0.2, -0.15) is 0 Å². The summed E-state index contributed by atoms with van der Waals surface area (Å²) in [6, 6.07) is 12.6. The fourth-order valence-electron chi connectivity index (χ4n) is 2.94. The molecule has 0 aliphatic rings. The van der Waals surface area contributed by atoms with Crippen molar-refractivity contribution in [1.29, 1.82) is 0 Å². The number of fused-ring (bicyclic) bond motifs is 1. The minimum atomic E-state index is 0.757. The molecule has 0 spiro atoms. The second kappa shape index (κ2) is 7.21. The summed E-state index contributed by atoms with van der Waals surface area (Å²) in [7, 11) is 0. The van der Waals surface area contributed by atoms with E-state index in [9.17, 15) is 0 Å². The van der Waals surface area contributed by atoms with E-state index in [-0.39, 0.29) is 0 Å². The number of hydrogen-bond donors (Lipinski definition) is 1. The summed E-state index contributed by atoms with van der Waals surface area (Å²) in [6.07, 6.45) is 2.65. The largest absolute Gasteiger partial charge is 0.368 e. The first-order valence-electron chi connectivity index (χ1n) is 8.68. The van der Waals surface area contributed by atoms with Crippen LogP contribution >= 0.6 is 11.3 Å². The number of hydrogen-bond acceptors (Lipinski definition) is 6. The minimum absolute atomic E-state index is 0.757. The molecule has 3 heterocycles. The van der Waals surface area contributed by atoms with Crippen LogP contribution in [-0.4, -0.2) is 31.3 Å². The van der Waals surface area contributed by atoms with Gasteiger partial charge in [-0.15, -0.1) is 21.5 Å². The quantitative estimate of drug-likeness (QED) is 0.561. The van der Waals surface area contributed by atoms with Crippen LogP contribution in [0.4, 0.5) is 5.82 Å². The topological polar surface area (TPSA) is 68.5 Å². The number of aryl methyl sites for hydroxylation is 2. The van der Waals surface area contributed by atoms with E-state index in [0.29, 0.717) is 0 Å². The van der Waals surface area contributed by atoms with Crippen LogP contribution < -0.4 is 5.32 Å². The highest BCUT2D eigenvalue weighted by molar-refractivity contribution is 7.21. The van der Waals surface area contributed by atoms with Crippen molar-refractivity contribution in [2.45, 2.75) is 26.8 Å². The zero-order valence-electron chi connectivity index (χ0n) is 14.8. The predicted octanol–water partition coefficient (Wildman–Crippen LogP) is 3.93. The molecular formula is C19H20N6S. The lowest BCUT2D eigenvalue weighted by atomic mass is 10.2. The van der Waals surface area contributed by atoms with E-state index < -0.39 is 0 Å². The Hall–Kier alpha value is -2.80. The first kappa shape index (κ1) is 16.7. The summed E-state index contributed by atoms with van der Waals surface area (Å²) in [6.45, 7) is 5.58. The maximum absolute atomic E-state index is 4.61. The molecule has 0 radical (unpaired) electrons. The highest BCUT2D eigenvalue weighted by atomic mass is 32.1. The summed E-state index contributed by atoms with van der Waals surface area (Å²) in [5.41, 5.74) is 1.20. The Bertz CT molecular complexity index is 1020. The second-order valence-electron chi connectivity index (χ2n) is 6.04. The van der Waals surface area contributed by atoms with Crippen molar-refractivity contribution in [3.8, 4) is 10.4 Å². The molecular weight excluding hydrogens is 344 g/mol. The fraction of sp³-hybridized carbons (Fsp3) is 0.263. The Morgan fingerprint density at radius 2 is 2.00 bits per heavy atom. The molecule has 0 bridgehead atoms. The zero-order valence-corrected chi connectivity index (χ0v) is 15.6. The molecule has 0 saturated heterocycles. The standard InChI is InChI=1S/C19H20N6S/c1-3-17-24-21-12-25(17)10-9-20-18-15-11-16(14-7-5-4-6-8-14)26-19(15)23-13(2)22-18/h4-8,11-12H,3,9-10H2,1-2H3,(H,20,22,23). The van der Waals surface area contributed by atoms with Gasteiger partial charge >= 0.3 is 0 Å². The van der Waals surface area contributed by atoms with Crippen LogP contribution in [0.2, 0.25) is 0 Å². The van der Waals surface area contributed by atoms with E-state index in [1.54, 1.807) is 17.7 Å². The molecule has 1 aromatic carbocycles. The van der Waals surface area contributed by atoms with Crippen LogP contribution in [0.1, 0.15) is 18.6 Å². The van der Waals surface area contributed by atoms with Crippen molar-refractivity contribution >= 4 is 27.4 Å². The summed E-state index contributed by atoms with van der Waals surface area (Å²) < 4.78 is 2.07. The van der Waals surface area contributed by atoms with Crippen LogP contribution in [0.5, 0.6) is 0 Å². The van der Waals surface area contributed by atoms with E-state index in [2.05, 4.69) is 67.3 Å². The molecule has 3 aromatic heterocycles. The molecule has 26 heavy (non-hydrogen) atoms. The first-order valence-corrected chi connectivity index (χ1v) is 9.50. The van der Waals surface area contributed by atoms with Gasteiger partial charge in [-0.25, -0.2) is 9.97 Å². The zero-order chi connectivity index (χ0) is 17.9. The smallest absolute Gasteiger partial charge is 0.138 e. The highest BCUT2D eigenvalue weighted by Crippen LogP contribution is 2.35. The number of anilines is 1. The predicted molar refractivity (Wildman–Crippen MR) is 105 cm³/mol. The van der Waals surface area contributed by atoms with Crippen molar-refractivity contribution in [2.75, 3.05) is 11.9 Å². The Kier molecular flexibility index (Phi) is 4.62. The molecule has 132 valence electrons. The van der Waals surface area contributed by atoms with Gasteiger partial charge in [0.1, 0.15) is 28.6 Å². The lowest BCUT2D eigenvalue weighted by Gasteiger charge is -2.09. The van der Waals surface area contributed by atoms with Crippen LogP contribution in [0.25, 0.3) is 20.7 Å². The third-order valence-electron chi connectivity index (χ3n) is 4.22. The van der Waals surface area contributed by atoms with Crippen molar-refractivity contribution in [2.24, 2.45) is 0 Å². The number of nitrogens with one attached hydrogen (secondary N) is 1. The number of benzene rings is 1. The maximum atomic E-state index is 4.61. The monoisotopic (exact) mass is 364 g/mol. The maximum Gasteiger partial charge on any atom is 0.138 e. The van der Waals surface area contributed by atoms with Gasteiger partial charge in [0.15, 0.2) is 0 Å². The van der Waals surface area contributed by atoms with Gasteiger partial charge in [0, 0.05) is 24.4 Å². The van der Waals surface area contributed by atoms with Crippen LogP contribution in [0.3, 0.4) is 0 Å². The molecule has 0 saturated carbocycles. The van der Waals surface area contributed by atoms with Crippen LogP contribution in [-0.2, 0) is 13.0 Å². The van der Waals surface area contributed by atoms with Gasteiger partial charge in [-0.05, 0) is 18.6 Å². The number of aromatic nitrogens is 5. The van der Waals surface area contributed by atoms with E-state index in [1.165, 1.54) is 10.4 Å². The summed E-state index contributed by atoms with van der Waals surface area (Å²) in [5, 5.41) is 12.6. The molecule has 4 aromatic rings. The van der Waals surface area contributed by atoms with Gasteiger partial charge < -0.3 is 9.88 Å². The molecule has 6 nitrogen and oxygen atoms in total. The first-order chi connectivity index (χ1) is 12.7. The fourth-order valence-corrected chi connectivity index (χ4v) is 4.02. The van der Waals surface area contributed by atoms with Crippen LogP contribution in [0.15, 0.2) is 42.7 Å². The van der Waals surface area contributed by atoms with Gasteiger partial charge in [0.25, 0.3) is 0 Å². The molecule has 0 aliphatic carbocycles. The Morgan fingerprint density at radius 1 is 1.15 bits per heavy atom. The van der Waals surface area contributed by atoms with Crippen molar-refractivity contribution in [1.82, 2.24) is 24.7 Å². The molecule has 4 rings (SSSR count). The summed E-state index contributed by atoms with van der Waals surface area (Å²) >= 11 is 1.70. The third-order valence-corrected chi connectivity index (χ3v) is 5.30. The van der Waals surface area contributed by atoms with Crippen LogP contribution in [0, 0.1) is 6.92 Å². The summed E-state index contributed by atoms with van der Waals surface area (Å²) in [5.74, 6) is 2.66. The van der Waals surface area contributed by atoms with Gasteiger partial charge in [0.2, 0.25) is 0 Å².